The number of carbonyl (C=O) groups excluding carboxylic acids is 1. The molecule has 0 aromatic heterocycles. The van der Waals surface area contributed by atoms with Gasteiger partial charge in [-0.3, -0.25) is 4.79 Å². The summed E-state index contributed by atoms with van der Waals surface area (Å²) in [5.41, 5.74) is 2.93. The van der Waals surface area contributed by atoms with E-state index in [4.69, 9.17) is 4.74 Å². The largest absolute Gasteiger partial charge is 0.494 e. The van der Waals surface area contributed by atoms with Crippen LogP contribution < -0.4 is 0 Å². The van der Waals surface area contributed by atoms with Crippen molar-refractivity contribution in [1.82, 2.24) is 0 Å². The van der Waals surface area contributed by atoms with E-state index in [0.29, 0.717) is 18.8 Å². The molecule has 0 N–H and O–H groups in total. The Hall–Kier alpha value is -1.57. The normalized spacial score (nSPS) is 13.8. The highest BCUT2D eigenvalue weighted by molar-refractivity contribution is 6.01. The lowest BCUT2D eigenvalue weighted by molar-refractivity contribution is 0.0994. The molecule has 0 amide bonds. The van der Waals surface area contributed by atoms with Crippen molar-refractivity contribution in [1.29, 1.82) is 0 Å². The molecular weight excluding hydrogens is 188 g/mol. The number of hydrogen-bond acceptors (Lipinski definition) is 2. The standard InChI is InChI=1S/C13H14O2/c1-3-15-9(2)10-5-4-6-12-11(10)7-8-13(12)14/h4-6H,2-3,7-8H2,1H3. The molecule has 0 spiro atoms. The molecule has 15 heavy (non-hydrogen) atoms. The molecule has 0 fully saturated rings. The van der Waals surface area contributed by atoms with Crippen LogP contribution in [-0.4, -0.2) is 12.4 Å². The highest BCUT2D eigenvalue weighted by Gasteiger charge is 2.22. The second-order valence-corrected chi connectivity index (χ2v) is 3.61. The molecule has 0 unspecified atom stereocenters. The lowest BCUT2D eigenvalue weighted by Crippen LogP contribution is -1.97. The first-order valence-corrected chi connectivity index (χ1v) is 5.21. The minimum Gasteiger partial charge on any atom is -0.494 e. The summed E-state index contributed by atoms with van der Waals surface area (Å²) in [6.07, 6.45) is 1.43. The molecule has 0 atom stereocenters. The maximum absolute atomic E-state index is 11.5. The van der Waals surface area contributed by atoms with Crippen LogP contribution in [0.4, 0.5) is 0 Å². The van der Waals surface area contributed by atoms with Crippen LogP contribution in [0.25, 0.3) is 5.76 Å². The van der Waals surface area contributed by atoms with Gasteiger partial charge in [-0.05, 0) is 18.9 Å². The van der Waals surface area contributed by atoms with Gasteiger partial charge in [-0.1, -0.05) is 24.8 Å². The van der Waals surface area contributed by atoms with Crippen molar-refractivity contribution < 1.29 is 9.53 Å². The van der Waals surface area contributed by atoms with Gasteiger partial charge in [0.25, 0.3) is 0 Å². The van der Waals surface area contributed by atoms with Gasteiger partial charge < -0.3 is 4.74 Å². The van der Waals surface area contributed by atoms with Gasteiger partial charge in [-0.15, -0.1) is 0 Å². The van der Waals surface area contributed by atoms with Gasteiger partial charge in [0.1, 0.15) is 5.76 Å². The molecule has 0 saturated heterocycles. The lowest BCUT2D eigenvalue weighted by Gasteiger charge is -2.10. The number of benzene rings is 1. The number of rotatable bonds is 3. The second-order valence-electron chi connectivity index (χ2n) is 3.61. The third-order valence-electron chi connectivity index (χ3n) is 2.70. The number of ether oxygens (including phenoxy) is 1. The number of Topliss-reactive ketones (excluding diaryl/α,β-unsaturated/α-hetero) is 1. The molecule has 2 nitrogen and oxygen atoms in total. The highest BCUT2D eigenvalue weighted by Crippen LogP contribution is 2.29. The summed E-state index contributed by atoms with van der Waals surface area (Å²) in [5.74, 6) is 0.903. The highest BCUT2D eigenvalue weighted by atomic mass is 16.5. The van der Waals surface area contributed by atoms with Crippen molar-refractivity contribution in [3.63, 3.8) is 0 Å². The second kappa shape index (κ2) is 3.89. The van der Waals surface area contributed by atoms with Gasteiger partial charge >= 0.3 is 0 Å². The predicted octanol–water partition coefficient (Wildman–Crippen LogP) is 2.82. The molecule has 0 radical (unpaired) electrons. The maximum Gasteiger partial charge on any atom is 0.163 e. The Balaban J connectivity index is 2.42. The van der Waals surface area contributed by atoms with E-state index < -0.39 is 0 Å². The fraction of sp³-hybridized carbons (Fsp3) is 0.308. The number of hydrogen-bond donors (Lipinski definition) is 0. The summed E-state index contributed by atoms with van der Waals surface area (Å²) in [7, 11) is 0. The molecule has 78 valence electrons. The zero-order valence-corrected chi connectivity index (χ0v) is 8.88. The first-order chi connectivity index (χ1) is 7.24. The van der Waals surface area contributed by atoms with E-state index in [2.05, 4.69) is 6.58 Å². The Bertz CT molecular complexity index is 419. The van der Waals surface area contributed by atoms with E-state index in [1.54, 1.807) is 0 Å². The van der Waals surface area contributed by atoms with Crippen molar-refractivity contribution in [2.75, 3.05) is 6.61 Å². The van der Waals surface area contributed by atoms with Crippen molar-refractivity contribution in [3.05, 3.63) is 41.5 Å². The van der Waals surface area contributed by atoms with E-state index >= 15 is 0 Å². The van der Waals surface area contributed by atoms with Crippen molar-refractivity contribution in [3.8, 4) is 0 Å². The Morgan fingerprint density at radius 3 is 3.00 bits per heavy atom. The Morgan fingerprint density at radius 2 is 2.27 bits per heavy atom. The van der Waals surface area contributed by atoms with Crippen LogP contribution in [-0.2, 0) is 11.2 Å². The molecule has 0 heterocycles. The molecule has 2 rings (SSSR count). The van der Waals surface area contributed by atoms with Crippen molar-refractivity contribution in [2.45, 2.75) is 19.8 Å². The van der Waals surface area contributed by atoms with Crippen LogP contribution in [0.1, 0.15) is 34.8 Å². The summed E-state index contributed by atoms with van der Waals surface area (Å²) < 4.78 is 5.38. The molecule has 1 aliphatic rings. The molecule has 0 saturated carbocycles. The number of carbonyl (C=O) groups is 1. The fourth-order valence-electron chi connectivity index (χ4n) is 2.00. The van der Waals surface area contributed by atoms with Gasteiger partial charge in [0.05, 0.1) is 6.61 Å². The van der Waals surface area contributed by atoms with Gasteiger partial charge in [0.2, 0.25) is 0 Å². The Morgan fingerprint density at radius 1 is 1.47 bits per heavy atom. The predicted molar refractivity (Wildman–Crippen MR) is 59.8 cm³/mol. The monoisotopic (exact) mass is 202 g/mol. The number of ketones is 1. The zero-order chi connectivity index (χ0) is 10.8. The minimum absolute atomic E-state index is 0.233. The van der Waals surface area contributed by atoms with Gasteiger partial charge in [0.15, 0.2) is 5.78 Å². The molecule has 1 aromatic rings. The quantitative estimate of drug-likeness (QED) is 0.704. The fourth-order valence-corrected chi connectivity index (χ4v) is 2.00. The van der Waals surface area contributed by atoms with Crippen molar-refractivity contribution in [2.24, 2.45) is 0 Å². The van der Waals surface area contributed by atoms with Gasteiger partial charge in [-0.2, -0.15) is 0 Å². The first kappa shape index (κ1) is 9.97. The molecule has 1 aliphatic carbocycles. The maximum atomic E-state index is 11.5. The summed E-state index contributed by atoms with van der Waals surface area (Å²) in [4.78, 5) is 11.5. The summed E-state index contributed by atoms with van der Waals surface area (Å²) in [6, 6.07) is 5.74. The average Bonchev–Trinajstić information content (AvgIpc) is 2.61. The van der Waals surface area contributed by atoms with E-state index in [-0.39, 0.29) is 5.78 Å². The smallest absolute Gasteiger partial charge is 0.163 e. The Kier molecular flexibility index (Phi) is 2.58. The summed E-state index contributed by atoms with van der Waals surface area (Å²) in [5, 5.41) is 0. The summed E-state index contributed by atoms with van der Waals surface area (Å²) in [6.45, 7) is 6.42. The molecule has 0 bridgehead atoms. The Labute approximate surface area is 89.6 Å². The van der Waals surface area contributed by atoms with Crippen LogP contribution in [0, 0.1) is 0 Å². The molecular formula is C13H14O2. The summed E-state index contributed by atoms with van der Waals surface area (Å²) >= 11 is 0. The van der Waals surface area contributed by atoms with Gasteiger partial charge in [0, 0.05) is 17.5 Å². The third kappa shape index (κ3) is 1.67. The molecule has 0 aliphatic heterocycles. The zero-order valence-electron chi connectivity index (χ0n) is 8.88. The SMILES string of the molecule is C=C(OCC)c1cccc2c1CCC2=O. The number of fused-ring (bicyclic) bond motifs is 1. The van der Waals surface area contributed by atoms with E-state index in [9.17, 15) is 4.79 Å². The van der Waals surface area contributed by atoms with Crippen molar-refractivity contribution >= 4 is 11.5 Å². The minimum atomic E-state index is 0.233. The molecule has 1 aromatic carbocycles. The van der Waals surface area contributed by atoms with Crippen LogP contribution in [0.2, 0.25) is 0 Å². The first-order valence-electron chi connectivity index (χ1n) is 5.21. The average molecular weight is 202 g/mol. The van der Waals surface area contributed by atoms with Crippen LogP contribution >= 0.6 is 0 Å². The lowest BCUT2D eigenvalue weighted by atomic mass is 10.0. The topological polar surface area (TPSA) is 26.3 Å². The van der Waals surface area contributed by atoms with Gasteiger partial charge in [-0.25, -0.2) is 0 Å². The van der Waals surface area contributed by atoms with Crippen LogP contribution in [0.15, 0.2) is 24.8 Å². The third-order valence-corrected chi connectivity index (χ3v) is 2.70. The van der Waals surface area contributed by atoms with Crippen LogP contribution in [0.3, 0.4) is 0 Å². The van der Waals surface area contributed by atoms with E-state index in [1.165, 1.54) is 0 Å². The van der Waals surface area contributed by atoms with Crippen LogP contribution in [0.5, 0.6) is 0 Å². The van der Waals surface area contributed by atoms with E-state index in [1.807, 2.05) is 25.1 Å². The van der Waals surface area contributed by atoms with E-state index in [0.717, 1.165) is 23.1 Å². The molecule has 2 heteroatoms.